The molecule has 0 aliphatic rings. The van der Waals surface area contributed by atoms with Crippen LogP contribution in [0.2, 0.25) is 0 Å². The van der Waals surface area contributed by atoms with Gasteiger partial charge in [-0.3, -0.25) is 0 Å². The van der Waals surface area contributed by atoms with Crippen molar-refractivity contribution in [2.75, 3.05) is 0 Å². The maximum Gasteiger partial charge on any atom is 0.242 e. The molecule has 7 heteroatoms. The van der Waals surface area contributed by atoms with Crippen molar-refractivity contribution < 1.29 is 8.42 Å². The van der Waals surface area contributed by atoms with Crippen molar-refractivity contribution >= 4 is 53.2 Å². The van der Waals surface area contributed by atoms with E-state index in [2.05, 4.69) is 36.6 Å². The number of sulfonamides is 1. The van der Waals surface area contributed by atoms with Gasteiger partial charge in [0.2, 0.25) is 10.0 Å². The fraction of sp³-hybridized carbons (Fsp3) is 0.286. The molecular formula is C14H15Br2NO2S2. The Morgan fingerprint density at radius 2 is 1.90 bits per heavy atom. The van der Waals surface area contributed by atoms with Gasteiger partial charge in [-0.2, -0.15) is 0 Å². The minimum atomic E-state index is -3.60. The van der Waals surface area contributed by atoms with E-state index >= 15 is 0 Å². The van der Waals surface area contributed by atoms with Gasteiger partial charge in [0.1, 0.15) is 0 Å². The van der Waals surface area contributed by atoms with Crippen molar-refractivity contribution in [2.24, 2.45) is 5.92 Å². The summed E-state index contributed by atoms with van der Waals surface area (Å²) >= 11 is 8.17. The number of hydrogen-bond donors (Lipinski definition) is 1. The third kappa shape index (κ3) is 4.16. The summed E-state index contributed by atoms with van der Waals surface area (Å²) in [5.41, 5.74) is 0. The molecule has 0 aliphatic heterocycles. The molecule has 0 amide bonds. The van der Waals surface area contributed by atoms with Gasteiger partial charge in [0.05, 0.1) is 10.9 Å². The number of nitrogens with one attached hydrogen (secondary N) is 1. The highest BCUT2D eigenvalue weighted by Crippen LogP contribution is 2.30. The third-order valence-electron chi connectivity index (χ3n) is 2.98. The quantitative estimate of drug-likeness (QED) is 0.697. The smallest absolute Gasteiger partial charge is 0.207 e. The second kappa shape index (κ2) is 6.91. The lowest BCUT2D eigenvalue weighted by molar-refractivity contribution is 0.468. The predicted molar refractivity (Wildman–Crippen MR) is 94.1 cm³/mol. The average molecular weight is 453 g/mol. The highest BCUT2D eigenvalue weighted by molar-refractivity contribution is 9.11. The molecule has 0 spiro atoms. The van der Waals surface area contributed by atoms with Crippen molar-refractivity contribution in [1.29, 1.82) is 0 Å². The molecular weight excluding hydrogens is 438 g/mol. The molecule has 0 bridgehead atoms. The first-order valence-electron chi connectivity index (χ1n) is 6.32. The van der Waals surface area contributed by atoms with Crippen LogP contribution >= 0.6 is 43.2 Å². The number of benzene rings is 1. The van der Waals surface area contributed by atoms with Crippen LogP contribution in [-0.4, -0.2) is 8.42 Å². The summed E-state index contributed by atoms with van der Waals surface area (Å²) in [4.78, 5) is 1.25. The molecule has 2 rings (SSSR count). The van der Waals surface area contributed by atoms with Crippen molar-refractivity contribution in [3.63, 3.8) is 0 Å². The lowest BCUT2D eigenvalue weighted by Gasteiger charge is -2.21. The molecule has 0 saturated heterocycles. The Morgan fingerprint density at radius 1 is 1.19 bits per heavy atom. The van der Waals surface area contributed by atoms with Crippen molar-refractivity contribution in [3.05, 3.63) is 49.5 Å². The minimum Gasteiger partial charge on any atom is -0.207 e. The van der Waals surface area contributed by atoms with E-state index in [-0.39, 0.29) is 16.9 Å². The monoisotopic (exact) mass is 451 g/mol. The van der Waals surface area contributed by atoms with E-state index in [0.717, 1.165) is 9.35 Å². The van der Waals surface area contributed by atoms with Gasteiger partial charge in [-0.25, -0.2) is 13.1 Å². The van der Waals surface area contributed by atoms with Crippen LogP contribution in [0.3, 0.4) is 0 Å². The molecule has 1 N–H and O–H groups in total. The maximum atomic E-state index is 12.7. The molecule has 0 aliphatic carbocycles. The molecule has 0 saturated carbocycles. The van der Waals surface area contributed by atoms with E-state index in [0.29, 0.717) is 4.47 Å². The summed E-state index contributed by atoms with van der Waals surface area (Å²) in [5, 5.41) is 1.95. The minimum absolute atomic E-state index is 0.157. The number of hydrogen-bond acceptors (Lipinski definition) is 3. The Balaban J connectivity index is 2.37. The summed E-state index contributed by atoms with van der Waals surface area (Å²) < 4.78 is 29.4. The van der Waals surface area contributed by atoms with Gasteiger partial charge in [-0.1, -0.05) is 35.8 Å². The molecule has 21 heavy (non-hydrogen) atoms. The fourth-order valence-electron chi connectivity index (χ4n) is 1.90. The van der Waals surface area contributed by atoms with E-state index in [1.54, 1.807) is 29.5 Å². The number of rotatable bonds is 5. The summed E-state index contributed by atoms with van der Waals surface area (Å²) in [6.07, 6.45) is 0. The van der Waals surface area contributed by atoms with Crippen LogP contribution in [0.1, 0.15) is 24.8 Å². The zero-order valence-corrected chi connectivity index (χ0v) is 16.3. The SMILES string of the molecule is CC(C)C(NS(=O)(=O)c1cc(Br)ccc1Br)c1cccs1. The van der Waals surface area contributed by atoms with Crippen molar-refractivity contribution in [2.45, 2.75) is 24.8 Å². The zero-order chi connectivity index (χ0) is 15.6. The molecule has 114 valence electrons. The van der Waals surface area contributed by atoms with Gasteiger partial charge in [-0.05, 0) is 51.5 Å². The van der Waals surface area contributed by atoms with E-state index in [4.69, 9.17) is 0 Å². The first kappa shape index (κ1) is 17.1. The largest absolute Gasteiger partial charge is 0.242 e. The Morgan fingerprint density at radius 3 is 2.48 bits per heavy atom. The van der Waals surface area contributed by atoms with Crippen molar-refractivity contribution in [3.8, 4) is 0 Å². The molecule has 1 aromatic carbocycles. The molecule has 1 atom stereocenters. The van der Waals surface area contributed by atoms with Gasteiger partial charge in [-0.15, -0.1) is 11.3 Å². The standard InChI is InChI=1S/C14H15Br2NO2S2/c1-9(2)14(12-4-3-7-20-12)17-21(18,19)13-8-10(15)5-6-11(13)16/h3-9,14,17H,1-2H3. The van der Waals surface area contributed by atoms with E-state index in [1.165, 1.54) is 0 Å². The summed E-state index contributed by atoms with van der Waals surface area (Å²) in [6, 6.07) is 8.75. The topological polar surface area (TPSA) is 46.2 Å². The number of halogens is 2. The summed E-state index contributed by atoms with van der Waals surface area (Å²) in [6.45, 7) is 4.01. The van der Waals surface area contributed by atoms with Crippen LogP contribution in [0.15, 0.2) is 49.6 Å². The van der Waals surface area contributed by atoms with Crippen LogP contribution in [0.25, 0.3) is 0 Å². The first-order chi connectivity index (χ1) is 9.81. The van der Waals surface area contributed by atoms with Crippen LogP contribution in [0.5, 0.6) is 0 Å². The van der Waals surface area contributed by atoms with Gasteiger partial charge in [0.15, 0.2) is 0 Å². The molecule has 3 nitrogen and oxygen atoms in total. The molecule has 2 aromatic rings. The van der Waals surface area contributed by atoms with E-state index in [9.17, 15) is 8.42 Å². The first-order valence-corrected chi connectivity index (χ1v) is 10.3. The van der Waals surface area contributed by atoms with E-state index < -0.39 is 10.0 Å². The van der Waals surface area contributed by atoms with Crippen molar-refractivity contribution in [1.82, 2.24) is 4.72 Å². The Bertz CT molecular complexity index is 713. The lowest BCUT2D eigenvalue weighted by Crippen LogP contribution is -2.31. The van der Waals surface area contributed by atoms with Crippen LogP contribution in [-0.2, 0) is 10.0 Å². The van der Waals surface area contributed by atoms with Gasteiger partial charge >= 0.3 is 0 Å². The predicted octanol–water partition coefficient (Wildman–Crippen LogP) is 4.95. The highest BCUT2D eigenvalue weighted by Gasteiger charge is 2.26. The third-order valence-corrected chi connectivity index (χ3v) is 6.86. The normalized spacial score (nSPS) is 13.6. The lowest BCUT2D eigenvalue weighted by atomic mass is 10.0. The second-order valence-electron chi connectivity index (χ2n) is 4.93. The molecule has 1 aromatic heterocycles. The van der Waals surface area contributed by atoms with Gasteiger partial charge in [0, 0.05) is 13.8 Å². The highest BCUT2D eigenvalue weighted by atomic mass is 79.9. The van der Waals surface area contributed by atoms with Gasteiger partial charge < -0.3 is 0 Å². The fourth-order valence-corrected chi connectivity index (χ4v) is 5.79. The molecule has 1 unspecified atom stereocenters. The molecule has 1 heterocycles. The maximum absolute atomic E-state index is 12.7. The summed E-state index contributed by atoms with van der Waals surface area (Å²) in [5.74, 6) is 0.157. The van der Waals surface area contributed by atoms with Crippen LogP contribution in [0.4, 0.5) is 0 Å². The Hall–Kier alpha value is -0.210. The summed E-state index contributed by atoms with van der Waals surface area (Å²) in [7, 11) is -3.60. The van der Waals surface area contributed by atoms with Crippen LogP contribution in [0, 0.1) is 5.92 Å². The molecule has 0 radical (unpaired) electrons. The molecule has 0 fully saturated rings. The Labute approximate surface area is 146 Å². The zero-order valence-electron chi connectivity index (χ0n) is 11.5. The Kier molecular flexibility index (Phi) is 5.65. The second-order valence-corrected chi connectivity index (χ2v) is 9.36. The van der Waals surface area contributed by atoms with Gasteiger partial charge in [0.25, 0.3) is 0 Å². The number of thiophene rings is 1. The average Bonchev–Trinajstić information content (AvgIpc) is 2.92. The van der Waals surface area contributed by atoms with Crippen LogP contribution < -0.4 is 4.72 Å². The van der Waals surface area contributed by atoms with E-state index in [1.807, 2.05) is 31.4 Å².